The van der Waals surface area contributed by atoms with Gasteiger partial charge in [-0.05, 0) is 38.0 Å². The fourth-order valence-electron chi connectivity index (χ4n) is 3.37. The molecule has 4 heteroatoms. The number of morpholine rings is 1. The molecule has 1 fully saturated rings. The van der Waals surface area contributed by atoms with Gasteiger partial charge in [0.05, 0.1) is 25.7 Å². The summed E-state index contributed by atoms with van der Waals surface area (Å²) >= 11 is 0. The van der Waals surface area contributed by atoms with E-state index in [1.807, 2.05) is 49.1 Å². The number of ether oxygens (including phenoxy) is 2. The quantitative estimate of drug-likeness (QED) is 0.814. The highest BCUT2D eigenvalue weighted by Crippen LogP contribution is 2.25. The highest BCUT2D eigenvalue weighted by atomic mass is 16.5. The minimum Gasteiger partial charge on any atom is -0.493 e. The Bertz CT molecular complexity index is 744. The van der Waals surface area contributed by atoms with Crippen LogP contribution in [-0.4, -0.2) is 36.6 Å². The Hall–Kier alpha value is -2.33. The molecule has 1 aliphatic heterocycles. The van der Waals surface area contributed by atoms with Crippen LogP contribution in [0.15, 0.2) is 48.5 Å². The summed E-state index contributed by atoms with van der Waals surface area (Å²) in [5.41, 5.74) is 3.42. The van der Waals surface area contributed by atoms with E-state index < -0.39 is 0 Å². The number of amides is 1. The van der Waals surface area contributed by atoms with Gasteiger partial charge >= 0.3 is 0 Å². The Morgan fingerprint density at radius 3 is 2.65 bits per heavy atom. The van der Waals surface area contributed by atoms with Crippen LogP contribution in [0.1, 0.15) is 36.1 Å². The molecule has 0 aliphatic carbocycles. The first-order valence-electron chi connectivity index (χ1n) is 9.21. The van der Waals surface area contributed by atoms with Crippen molar-refractivity contribution in [3.05, 3.63) is 65.2 Å². The first-order valence-corrected chi connectivity index (χ1v) is 9.21. The predicted octanol–water partition coefficient (Wildman–Crippen LogP) is 4.06. The van der Waals surface area contributed by atoms with Crippen LogP contribution >= 0.6 is 0 Å². The number of aryl methyl sites for hydroxylation is 2. The van der Waals surface area contributed by atoms with E-state index in [0.717, 1.165) is 16.9 Å². The number of carbonyl (C=O) groups excluding carboxylic acids is 1. The lowest BCUT2D eigenvalue weighted by Gasteiger charge is -2.37. The molecule has 0 saturated carbocycles. The number of benzene rings is 2. The van der Waals surface area contributed by atoms with Crippen LogP contribution < -0.4 is 4.74 Å². The topological polar surface area (TPSA) is 38.8 Å². The first-order chi connectivity index (χ1) is 12.5. The van der Waals surface area contributed by atoms with E-state index in [1.54, 1.807) is 0 Å². The maximum atomic E-state index is 12.6. The molecule has 138 valence electrons. The molecular weight excluding hydrogens is 326 g/mol. The SMILES string of the molecule is Cc1ccc(OCCC(=O)N2CC(C)OC(c3ccccc3)C2)c(C)c1. The average Bonchev–Trinajstić information content (AvgIpc) is 2.63. The number of hydrogen-bond acceptors (Lipinski definition) is 3. The summed E-state index contributed by atoms with van der Waals surface area (Å²) in [5, 5.41) is 0. The van der Waals surface area contributed by atoms with Crippen molar-refractivity contribution in [1.29, 1.82) is 0 Å². The molecule has 26 heavy (non-hydrogen) atoms. The number of carbonyl (C=O) groups is 1. The molecule has 4 nitrogen and oxygen atoms in total. The van der Waals surface area contributed by atoms with Crippen molar-refractivity contribution in [3.8, 4) is 5.75 Å². The highest BCUT2D eigenvalue weighted by molar-refractivity contribution is 5.76. The van der Waals surface area contributed by atoms with Gasteiger partial charge in [-0.25, -0.2) is 0 Å². The van der Waals surface area contributed by atoms with Gasteiger partial charge in [0.25, 0.3) is 0 Å². The van der Waals surface area contributed by atoms with Crippen LogP contribution in [0, 0.1) is 13.8 Å². The van der Waals surface area contributed by atoms with E-state index in [9.17, 15) is 4.79 Å². The molecule has 0 radical (unpaired) electrons. The van der Waals surface area contributed by atoms with Gasteiger partial charge in [0, 0.05) is 6.54 Å². The van der Waals surface area contributed by atoms with Gasteiger partial charge in [0.1, 0.15) is 11.9 Å². The zero-order valence-corrected chi connectivity index (χ0v) is 15.8. The molecule has 0 spiro atoms. The van der Waals surface area contributed by atoms with Crippen molar-refractivity contribution in [2.75, 3.05) is 19.7 Å². The Labute approximate surface area is 155 Å². The lowest BCUT2D eigenvalue weighted by atomic mass is 10.1. The van der Waals surface area contributed by atoms with E-state index in [-0.39, 0.29) is 18.1 Å². The van der Waals surface area contributed by atoms with Gasteiger partial charge in [-0.2, -0.15) is 0 Å². The summed E-state index contributed by atoms with van der Waals surface area (Å²) in [7, 11) is 0. The number of hydrogen-bond donors (Lipinski definition) is 0. The molecule has 1 aliphatic rings. The van der Waals surface area contributed by atoms with Gasteiger partial charge < -0.3 is 14.4 Å². The molecule has 0 aromatic heterocycles. The number of rotatable bonds is 5. The van der Waals surface area contributed by atoms with Crippen LogP contribution in [0.25, 0.3) is 0 Å². The molecule has 1 amide bonds. The van der Waals surface area contributed by atoms with Gasteiger partial charge in [-0.15, -0.1) is 0 Å². The van der Waals surface area contributed by atoms with E-state index in [4.69, 9.17) is 9.47 Å². The third-order valence-electron chi connectivity index (χ3n) is 4.69. The van der Waals surface area contributed by atoms with Crippen LogP contribution in [0.5, 0.6) is 5.75 Å². The summed E-state index contributed by atoms with van der Waals surface area (Å²) in [6.07, 6.45) is 0.337. The molecule has 2 unspecified atom stereocenters. The molecule has 2 aromatic carbocycles. The second-order valence-electron chi connectivity index (χ2n) is 7.01. The zero-order chi connectivity index (χ0) is 18.5. The van der Waals surface area contributed by atoms with E-state index in [1.165, 1.54) is 5.56 Å². The van der Waals surface area contributed by atoms with E-state index in [2.05, 4.69) is 25.1 Å². The van der Waals surface area contributed by atoms with Gasteiger partial charge in [-0.3, -0.25) is 4.79 Å². The van der Waals surface area contributed by atoms with Crippen molar-refractivity contribution in [2.45, 2.75) is 39.4 Å². The maximum absolute atomic E-state index is 12.6. The predicted molar refractivity (Wildman–Crippen MR) is 102 cm³/mol. The van der Waals surface area contributed by atoms with Crippen molar-refractivity contribution >= 4 is 5.91 Å². The molecule has 0 N–H and O–H groups in total. The molecule has 0 bridgehead atoms. The van der Waals surface area contributed by atoms with Crippen molar-refractivity contribution < 1.29 is 14.3 Å². The molecule has 2 aromatic rings. The second kappa shape index (κ2) is 8.37. The molecule has 1 saturated heterocycles. The minimum absolute atomic E-state index is 0.0261. The minimum atomic E-state index is -0.0656. The maximum Gasteiger partial charge on any atom is 0.226 e. The van der Waals surface area contributed by atoms with Crippen molar-refractivity contribution in [1.82, 2.24) is 4.90 Å². The lowest BCUT2D eigenvalue weighted by molar-refractivity contribution is -0.145. The summed E-state index contributed by atoms with van der Waals surface area (Å²) < 4.78 is 11.8. The third-order valence-corrected chi connectivity index (χ3v) is 4.69. The van der Waals surface area contributed by atoms with Crippen molar-refractivity contribution in [2.24, 2.45) is 0 Å². The molecule has 1 heterocycles. The van der Waals surface area contributed by atoms with Crippen LogP contribution in [0.4, 0.5) is 0 Å². The highest BCUT2D eigenvalue weighted by Gasteiger charge is 2.29. The largest absolute Gasteiger partial charge is 0.493 e. The number of nitrogens with zero attached hydrogens (tertiary/aromatic N) is 1. The van der Waals surface area contributed by atoms with Gasteiger partial charge in [0.15, 0.2) is 0 Å². The summed E-state index contributed by atoms with van der Waals surface area (Å²) in [4.78, 5) is 14.5. The first kappa shape index (κ1) is 18.5. The summed E-state index contributed by atoms with van der Waals surface area (Å²) in [6.45, 7) is 7.72. The second-order valence-corrected chi connectivity index (χ2v) is 7.01. The smallest absolute Gasteiger partial charge is 0.226 e. The normalized spacial score (nSPS) is 20.0. The average molecular weight is 353 g/mol. The zero-order valence-electron chi connectivity index (χ0n) is 15.8. The summed E-state index contributed by atoms with van der Waals surface area (Å²) in [6, 6.07) is 16.2. The summed E-state index contributed by atoms with van der Waals surface area (Å²) in [5.74, 6) is 0.965. The standard InChI is InChI=1S/C22H27NO3/c1-16-9-10-20(17(2)13-16)25-12-11-22(24)23-14-18(3)26-21(15-23)19-7-5-4-6-8-19/h4-10,13,18,21H,11-12,14-15H2,1-3H3. The monoisotopic (exact) mass is 353 g/mol. The van der Waals surface area contributed by atoms with E-state index in [0.29, 0.717) is 26.1 Å². The Balaban J connectivity index is 1.55. The molecule has 2 atom stereocenters. The van der Waals surface area contributed by atoms with Crippen LogP contribution in [-0.2, 0) is 9.53 Å². The Kier molecular flexibility index (Phi) is 5.94. The van der Waals surface area contributed by atoms with Crippen molar-refractivity contribution in [3.63, 3.8) is 0 Å². The van der Waals surface area contributed by atoms with E-state index >= 15 is 0 Å². The van der Waals surface area contributed by atoms with Gasteiger partial charge in [-0.1, -0.05) is 48.0 Å². The Morgan fingerprint density at radius 1 is 1.15 bits per heavy atom. The van der Waals surface area contributed by atoms with Crippen LogP contribution in [0.2, 0.25) is 0 Å². The lowest BCUT2D eigenvalue weighted by Crippen LogP contribution is -2.46. The molecule has 3 rings (SSSR count). The molecular formula is C22H27NO3. The fraction of sp³-hybridized carbons (Fsp3) is 0.409. The van der Waals surface area contributed by atoms with Crippen LogP contribution in [0.3, 0.4) is 0 Å². The fourth-order valence-corrected chi connectivity index (χ4v) is 3.37. The Morgan fingerprint density at radius 2 is 1.92 bits per heavy atom. The van der Waals surface area contributed by atoms with Gasteiger partial charge in [0.2, 0.25) is 5.91 Å². The third kappa shape index (κ3) is 4.64.